The Bertz CT molecular complexity index is 4780. The van der Waals surface area contributed by atoms with Crippen molar-refractivity contribution in [2.45, 2.75) is 88.9 Å². The van der Waals surface area contributed by atoms with Crippen molar-refractivity contribution in [1.82, 2.24) is 44.4 Å². The van der Waals surface area contributed by atoms with E-state index in [2.05, 4.69) is 196 Å². The van der Waals surface area contributed by atoms with E-state index >= 15 is 0 Å². The molecule has 0 unspecified atom stereocenters. The minimum Gasteiger partial charge on any atom is -0.465 e. The summed E-state index contributed by atoms with van der Waals surface area (Å²) in [7, 11) is 1.61. The maximum atomic E-state index is 14.8. The number of imidazole rings is 2. The van der Waals surface area contributed by atoms with Gasteiger partial charge in [0, 0.05) is 99.9 Å². The highest BCUT2D eigenvalue weighted by Gasteiger charge is 2.25. The normalized spacial score (nSPS) is 12.0. The fourth-order valence-corrected chi connectivity index (χ4v) is 13.7. The van der Waals surface area contributed by atoms with E-state index < -0.39 is 0 Å². The quantitative estimate of drug-likeness (QED) is 0.0697. The van der Waals surface area contributed by atoms with E-state index in [1.54, 1.807) is 13.3 Å². The second kappa shape index (κ2) is 24.8. The largest absolute Gasteiger partial charge is 0.465 e. The smallest absolute Gasteiger partial charge is 0.255 e. The van der Waals surface area contributed by atoms with Gasteiger partial charge in [-0.3, -0.25) is 9.69 Å². The number of aromatic nitrogens is 8. The molecule has 0 aliphatic carbocycles. The number of para-hydroxylation sites is 1. The molecule has 8 bridgehead atoms. The molecule has 0 atom stereocenters. The average molecular weight is 1200 g/mol. The van der Waals surface area contributed by atoms with Crippen LogP contribution >= 0.6 is 0 Å². The number of carbonyl (C=O) groups excluding carboxylic acids is 1. The van der Waals surface area contributed by atoms with Crippen molar-refractivity contribution in [2.75, 3.05) is 19.2 Å². The number of anilines is 1. The van der Waals surface area contributed by atoms with Gasteiger partial charge in [0.1, 0.15) is 11.6 Å². The van der Waals surface area contributed by atoms with Crippen LogP contribution in [-0.2, 0) is 24.4 Å². The van der Waals surface area contributed by atoms with Gasteiger partial charge in [-0.25, -0.2) is 19.9 Å². The maximum absolute atomic E-state index is 14.8. The first kappa shape index (κ1) is 59.5. The minimum absolute atomic E-state index is 0.135. The van der Waals surface area contributed by atoms with Crippen LogP contribution in [0.4, 0.5) is 5.69 Å². The highest BCUT2D eigenvalue weighted by molar-refractivity contribution is 6.08. The van der Waals surface area contributed by atoms with Gasteiger partial charge in [0.05, 0.1) is 47.0 Å². The van der Waals surface area contributed by atoms with Crippen LogP contribution in [0.5, 0.6) is 5.75 Å². The SMILES string of the molecule is COCOc1ccc(C)cc1-n1cnc(CN(Cc2ccc(C(=O)Nc3ccccc3-c3c4nc(c(-c5c(C)cc(C)cc5C)c5ccc([nH]5)c(-c5c(C)cc(C)cc5C)c5nc(c(-c6c(C)cc(C)cc6C)c6ccc3[nH]6)C=C5)C=C4)cc2)Cc2ncc[nH]2)c1. The number of nitrogens with one attached hydrogen (secondary N) is 4. The molecule has 7 heterocycles. The molecule has 13 rings (SSSR count). The van der Waals surface area contributed by atoms with Crippen molar-refractivity contribution in [1.29, 1.82) is 0 Å². The Balaban J connectivity index is 0.930. The van der Waals surface area contributed by atoms with Crippen molar-refractivity contribution in [3.8, 4) is 55.9 Å². The van der Waals surface area contributed by atoms with Gasteiger partial charge in [-0.1, -0.05) is 89.5 Å². The monoisotopic (exact) mass is 1200 g/mol. The average Bonchev–Trinajstić information content (AvgIpc) is 1.70. The van der Waals surface area contributed by atoms with Crippen molar-refractivity contribution >= 4 is 58.0 Å². The molecule has 0 fully saturated rings. The lowest BCUT2D eigenvalue weighted by Crippen LogP contribution is -2.23. The van der Waals surface area contributed by atoms with Crippen molar-refractivity contribution < 1.29 is 14.3 Å². The number of ether oxygens (including phenoxy) is 2. The molecular formula is C78H74N10O3. The number of rotatable bonds is 16. The van der Waals surface area contributed by atoms with E-state index in [1.165, 1.54) is 27.8 Å². The summed E-state index contributed by atoms with van der Waals surface area (Å²) < 4.78 is 13.1. The first-order valence-electron chi connectivity index (χ1n) is 30.9. The van der Waals surface area contributed by atoms with Crippen LogP contribution < -0.4 is 10.1 Å². The molecule has 2 aliphatic rings. The summed E-state index contributed by atoms with van der Waals surface area (Å²) in [6.07, 6.45) is 16.0. The molecular weight excluding hydrogens is 1120 g/mol. The first-order chi connectivity index (χ1) is 44.0. The number of H-pyrrole nitrogens is 3. The number of carbonyl (C=O) groups is 1. The Labute approximate surface area is 531 Å². The molecule has 2 aliphatic heterocycles. The van der Waals surface area contributed by atoms with Crippen LogP contribution in [0.1, 0.15) is 106 Å². The third-order valence-corrected chi connectivity index (χ3v) is 17.3. The van der Waals surface area contributed by atoms with Gasteiger partial charge < -0.3 is 34.3 Å². The van der Waals surface area contributed by atoms with Gasteiger partial charge in [-0.05, 0) is 209 Å². The summed E-state index contributed by atoms with van der Waals surface area (Å²) in [5.41, 5.74) is 30.6. The number of benzene rings is 6. The molecule has 0 saturated carbocycles. The predicted molar refractivity (Wildman–Crippen MR) is 370 cm³/mol. The summed E-state index contributed by atoms with van der Waals surface area (Å²) in [5, 5.41) is 3.36. The molecule has 91 heavy (non-hydrogen) atoms. The third kappa shape index (κ3) is 12.0. The Hall–Kier alpha value is -10.5. The number of hydrogen-bond donors (Lipinski definition) is 4. The van der Waals surface area contributed by atoms with Gasteiger partial charge in [0.2, 0.25) is 0 Å². The van der Waals surface area contributed by atoms with Crippen molar-refractivity contribution in [3.63, 3.8) is 0 Å². The first-order valence-corrected chi connectivity index (χ1v) is 30.9. The van der Waals surface area contributed by atoms with E-state index in [9.17, 15) is 4.79 Å². The fourth-order valence-electron chi connectivity index (χ4n) is 13.7. The van der Waals surface area contributed by atoms with Crippen LogP contribution in [0.15, 0.2) is 152 Å². The summed E-state index contributed by atoms with van der Waals surface area (Å²) in [5.74, 6) is 1.29. The molecule has 6 aromatic carbocycles. The van der Waals surface area contributed by atoms with Gasteiger partial charge in [0.15, 0.2) is 6.79 Å². The zero-order chi connectivity index (χ0) is 63.2. The highest BCUT2D eigenvalue weighted by atomic mass is 16.7. The van der Waals surface area contributed by atoms with Crippen LogP contribution in [0.2, 0.25) is 0 Å². The summed E-state index contributed by atoms with van der Waals surface area (Å²) in [4.78, 5) is 49.1. The fraction of sp³-hybridized carbons (Fsp3) is 0.192. The molecule has 0 radical (unpaired) electrons. The Morgan fingerprint density at radius 1 is 0.527 bits per heavy atom. The summed E-state index contributed by atoms with van der Waals surface area (Å²) >= 11 is 0. The van der Waals surface area contributed by atoms with Crippen LogP contribution in [-0.4, -0.2) is 64.2 Å². The van der Waals surface area contributed by atoms with E-state index in [4.69, 9.17) is 24.4 Å². The Kier molecular flexibility index (Phi) is 16.2. The zero-order valence-corrected chi connectivity index (χ0v) is 53.5. The van der Waals surface area contributed by atoms with Crippen LogP contribution in [0, 0.1) is 69.2 Å². The van der Waals surface area contributed by atoms with Gasteiger partial charge in [-0.2, -0.15) is 0 Å². The molecule has 0 spiro atoms. The van der Waals surface area contributed by atoms with Crippen molar-refractivity contribution in [3.05, 3.63) is 253 Å². The third-order valence-electron chi connectivity index (χ3n) is 17.3. The topological polar surface area (TPSA) is 155 Å². The molecule has 4 N–H and O–H groups in total. The lowest BCUT2D eigenvalue weighted by molar-refractivity contribution is 0.0510. The Morgan fingerprint density at radius 3 is 1.54 bits per heavy atom. The lowest BCUT2D eigenvalue weighted by Gasteiger charge is -2.20. The maximum Gasteiger partial charge on any atom is 0.255 e. The van der Waals surface area contributed by atoms with Gasteiger partial charge >= 0.3 is 0 Å². The van der Waals surface area contributed by atoms with E-state index in [-0.39, 0.29) is 12.7 Å². The van der Waals surface area contributed by atoms with Crippen molar-refractivity contribution in [2.24, 2.45) is 0 Å². The molecule has 0 saturated heterocycles. The zero-order valence-electron chi connectivity index (χ0n) is 53.5. The van der Waals surface area contributed by atoms with Crippen LogP contribution in [0.25, 0.3) is 96.6 Å². The standard InChI is InChI=1S/C78H74N10O3/c1-45-16-29-69(91-44-90-11)68(38-45)88-41-57(81-43-88)40-87(42-70-79-30-31-80-70)39-55-17-19-56(20-18-55)78(89)86-59-15-13-12-14-58(59)74-60-21-23-62(82-60)75(71-49(5)32-46(2)33-50(71)6)64-25-27-66(84-64)77(73-53(9)36-48(4)37-54(73)10)67-28-26-65(85-67)76(63-24-22-61(74)83-63)72-51(7)34-47(3)35-52(72)8/h12-38,41,43,82,85H,39-40,42,44H2,1-11H3,(H,79,80)(H,86,89). The molecule has 11 aromatic rings. The predicted octanol–water partition coefficient (Wildman–Crippen LogP) is 17.8. The van der Waals surface area contributed by atoms with E-state index in [0.717, 1.165) is 140 Å². The van der Waals surface area contributed by atoms with E-state index in [0.29, 0.717) is 36.6 Å². The number of amides is 1. The number of fused-ring (bicyclic) bond motifs is 8. The molecule has 13 heteroatoms. The number of nitrogens with zero attached hydrogens (tertiary/aromatic N) is 6. The lowest BCUT2D eigenvalue weighted by atomic mass is 9.92. The molecule has 454 valence electrons. The number of hydrogen-bond acceptors (Lipinski definition) is 8. The molecule has 1 amide bonds. The van der Waals surface area contributed by atoms with Crippen LogP contribution in [0.3, 0.4) is 0 Å². The number of aromatic amines is 3. The number of methoxy groups -OCH3 is 1. The van der Waals surface area contributed by atoms with Gasteiger partial charge in [0.25, 0.3) is 5.91 Å². The summed E-state index contributed by atoms with van der Waals surface area (Å²) in [6.45, 7) is 23.5. The molecule has 13 nitrogen and oxygen atoms in total. The van der Waals surface area contributed by atoms with E-state index in [1.807, 2.05) is 77.9 Å². The second-order valence-corrected chi connectivity index (χ2v) is 24.5. The summed E-state index contributed by atoms with van der Waals surface area (Å²) in [6, 6.07) is 44.1. The molecule has 5 aromatic heterocycles. The number of aryl methyl sites for hydroxylation is 10. The minimum atomic E-state index is -0.242. The highest BCUT2D eigenvalue weighted by Crippen LogP contribution is 2.43. The Morgan fingerprint density at radius 2 is 1.03 bits per heavy atom. The van der Waals surface area contributed by atoms with Gasteiger partial charge in [-0.15, -0.1) is 0 Å². The second-order valence-electron chi connectivity index (χ2n) is 24.5.